The van der Waals surface area contributed by atoms with Crippen LogP contribution in [0.25, 0.3) is 22.0 Å². The van der Waals surface area contributed by atoms with Gasteiger partial charge in [-0.1, -0.05) is 36.4 Å². The van der Waals surface area contributed by atoms with Crippen LogP contribution >= 0.6 is 0 Å². The lowest BCUT2D eigenvalue weighted by Gasteiger charge is -2.33. The number of methoxy groups -OCH3 is 1. The average Bonchev–Trinajstić information content (AvgIpc) is 3.39. The lowest BCUT2D eigenvalue weighted by molar-refractivity contribution is -0.142. The third-order valence-electron chi connectivity index (χ3n) is 6.85. The van der Waals surface area contributed by atoms with Crippen LogP contribution in [0.4, 0.5) is 0 Å². The van der Waals surface area contributed by atoms with Crippen molar-refractivity contribution in [1.29, 1.82) is 0 Å². The van der Waals surface area contributed by atoms with Gasteiger partial charge in [0.15, 0.2) is 5.75 Å². The smallest absolute Gasteiger partial charge is 0.251 e. The van der Waals surface area contributed by atoms with Crippen LogP contribution < -0.4 is 4.74 Å². The number of amides is 1. The Bertz CT molecular complexity index is 1080. The number of aromatic nitrogens is 1. The molecule has 1 unspecified atom stereocenters. The van der Waals surface area contributed by atoms with Gasteiger partial charge < -0.3 is 14.4 Å². The minimum atomic E-state index is -0.193. The number of pyridine rings is 1. The average molecular weight is 431 g/mol. The highest BCUT2D eigenvalue weighted by molar-refractivity contribution is 5.92. The summed E-state index contributed by atoms with van der Waals surface area (Å²) in [5.41, 5.74) is 4.43. The second kappa shape index (κ2) is 9.29. The summed E-state index contributed by atoms with van der Waals surface area (Å²) in [6.07, 6.45) is 6.67. The number of hydrogen-bond acceptors (Lipinski definition) is 4. The van der Waals surface area contributed by atoms with Crippen LogP contribution in [-0.4, -0.2) is 48.7 Å². The lowest BCUT2D eigenvalue weighted by Crippen LogP contribution is -2.44. The molecular weight excluding hydrogens is 400 g/mol. The number of carbonyl (C=O) groups excluding carboxylic acids is 1. The van der Waals surface area contributed by atoms with E-state index >= 15 is 0 Å². The van der Waals surface area contributed by atoms with Gasteiger partial charge in [0.1, 0.15) is 11.6 Å². The predicted octanol–water partition coefficient (Wildman–Crippen LogP) is 4.87. The normalized spacial score (nSPS) is 19.4. The van der Waals surface area contributed by atoms with Crippen molar-refractivity contribution in [1.82, 2.24) is 9.88 Å². The lowest BCUT2D eigenvalue weighted by atomic mass is 9.89. The van der Waals surface area contributed by atoms with Crippen LogP contribution in [0.2, 0.25) is 0 Å². The number of likely N-dealkylation sites (tertiary alicyclic amines) is 1. The van der Waals surface area contributed by atoms with E-state index in [0.717, 1.165) is 79.6 Å². The Labute approximate surface area is 189 Å². The van der Waals surface area contributed by atoms with Crippen LogP contribution in [0.5, 0.6) is 5.75 Å². The van der Waals surface area contributed by atoms with Crippen molar-refractivity contribution in [2.24, 2.45) is 5.92 Å². The molecule has 0 bridgehead atoms. The molecule has 1 atom stereocenters. The van der Waals surface area contributed by atoms with Crippen molar-refractivity contribution in [2.75, 3.05) is 26.8 Å². The van der Waals surface area contributed by atoms with Crippen molar-refractivity contribution in [2.45, 2.75) is 38.2 Å². The minimum Gasteiger partial charge on any atom is -0.494 e. The van der Waals surface area contributed by atoms with Gasteiger partial charge >= 0.3 is 0 Å². The summed E-state index contributed by atoms with van der Waals surface area (Å²) in [6.45, 7) is 2.43. The molecule has 2 saturated heterocycles. The zero-order valence-corrected chi connectivity index (χ0v) is 18.6. The van der Waals surface area contributed by atoms with Crippen molar-refractivity contribution in [3.63, 3.8) is 0 Å². The van der Waals surface area contributed by atoms with Crippen LogP contribution in [0.3, 0.4) is 0 Å². The predicted molar refractivity (Wildman–Crippen MR) is 126 cm³/mol. The molecule has 0 aliphatic carbocycles. The van der Waals surface area contributed by atoms with E-state index in [0.29, 0.717) is 5.92 Å². The highest BCUT2D eigenvalue weighted by Gasteiger charge is 2.30. The maximum atomic E-state index is 12.6. The summed E-state index contributed by atoms with van der Waals surface area (Å²) in [7, 11) is 1.71. The Hall–Kier alpha value is -2.92. The Kier molecular flexibility index (Phi) is 6.08. The maximum Gasteiger partial charge on any atom is 0.251 e. The van der Waals surface area contributed by atoms with Crippen LogP contribution in [-0.2, 0) is 16.0 Å². The van der Waals surface area contributed by atoms with Gasteiger partial charge in [0, 0.05) is 36.8 Å². The molecule has 0 saturated carbocycles. The van der Waals surface area contributed by atoms with Crippen molar-refractivity contribution in [3.05, 3.63) is 60.3 Å². The van der Waals surface area contributed by atoms with E-state index in [-0.39, 0.29) is 12.0 Å². The zero-order valence-electron chi connectivity index (χ0n) is 18.6. The number of benzene rings is 2. The molecule has 3 aromatic rings. The molecule has 5 rings (SSSR count). The van der Waals surface area contributed by atoms with Gasteiger partial charge in [-0.05, 0) is 61.3 Å². The third-order valence-corrected chi connectivity index (χ3v) is 6.85. The topological polar surface area (TPSA) is 51.7 Å². The number of fused-ring (bicyclic) bond motifs is 1. The minimum absolute atomic E-state index is 0.193. The molecule has 2 fully saturated rings. The molecule has 0 spiro atoms. The molecule has 2 aliphatic rings. The highest BCUT2D eigenvalue weighted by atomic mass is 16.5. The summed E-state index contributed by atoms with van der Waals surface area (Å²) in [6, 6.07) is 17.0. The van der Waals surface area contributed by atoms with Crippen molar-refractivity contribution >= 4 is 16.8 Å². The van der Waals surface area contributed by atoms with Gasteiger partial charge in [0.05, 0.1) is 7.11 Å². The van der Waals surface area contributed by atoms with Crippen LogP contribution in [0.1, 0.15) is 31.2 Å². The quantitative estimate of drug-likeness (QED) is 0.579. The molecule has 166 valence electrons. The Balaban J connectivity index is 1.23. The highest BCUT2D eigenvalue weighted by Crippen LogP contribution is 2.36. The second-order valence-electron chi connectivity index (χ2n) is 8.89. The van der Waals surface area contributed by atoms with Gasteiger partial charge in [-0.25, -0.2) is 0 Å². The number of carbonyl (C=O) groups is 1. The molecule has 0 N–H and O–H groups in total. The second-order valence-corrected chi connectivity index (χ2v) is 8.89. The summed E-state index contributed by atoms with van der Waals surface area (Å²) >= 11 is 0. The molecular formula is C27H30N2O3. The van der Waals surface area contributed by atoms with Gasteiger partial charge in [-0.2, -0.15) is 0 Å². The summed E-state index contributed by atoms with van der Waals surface area (Å²) < 4.78 is 11.3. The van der Waals surface area contributed by atoms with E-state index in [4.69, 9.17) is 9.47 Å². The first-order valence-corrected chi connectivity index (χ1v) is 11.6. The molecule has 2 aromatic carbocycles. The Morgan fingerprint density at radius 1 is 1.09 bits per heavy atom. The van der Waals surface area contributed by atoms with Gasteiger partial charge in [-0.15, -0.1) is 0 Å². The van der Waals surface area contributed by atoms with Crippen molar-refractivity contribution < 1.29 is 14.3 Å². The molecule has 2 aliphatic heterocycles. The first kappa shape index (κ1) is 21.0. The Morgan fingerprint density at radius 2 is 1.91 bits per heavy atom. The number of piperidine rings is 1. The van der Waals surface area contributed by atoms with Gasteiger partial charge in [0.25, 0.3) is 5.91 Å². The van der Waals surface area contributed by atoms with Gasteiger partial charge in [-0.3, -0.25) is 9.78 Å². The molecule has 32 heavy (non-hydrogen) atoms. The number of hydrogen-bond donors (Lipinski definition) is 0. The molecule has 0 radical (unpaired) electrons. The first-order chi connectivity index (χ1) is 15.7. The van der Waals surface area contributed by atoms with E-state index in [1.807, 2.05) is 11.0 Å². The van der Waals surface area contributed by atoms with E-state index < -0.39 is 0 Å². The van der Waals surface area contributed by atoms with E-state index in [2.05, 4.69) is 47.4 Å². The fourth-order valence-corrected chi connectivity index (χ4v) is 5.04. The standard InChI is InChI=1S/C27H30N2O3/c1-31-26-23(11-10-22-4-2-14-28-25(22)26)21-8-6-19(7-9-21)18-20-12-15-29(16-13-20)27(30)24-5-3-17-32-24/h2,4,6-11,14,20,24H,3,5,12-13,15-18H2,1H3. The zero-order chi connectivity index (χ0) is 21.9. The number of nitrogens with zero attached hydrogens (tertiary/aromatic N) is 2. The molecule has 5 nitrogen and oxygen atoms in total. The van der Waals surface area contributed by atoms with Crippen molar-refractivity contribution in [3.8, 4) is 16.9 Å². The first-order valence-electron chi connectivity index (χ1n) is 11.6. The fraction of sp³-hybridized carbons (Fsp3) is 0.407. The fourth-order valence-electron chi connectivity index (χ4n) is 5.04. The van der Waals surface area contributed by atoms with E-state index in [9.17, 15) is 4.79 Å². The third kappa shape index (κ3) is 4.22. The Morgan fingerprint density at radius 3 is 2.62 bits per heavy atom. The molecule has 5 heteroatoms. The largest absolute Gasteiger partial charge is 0.494 e. The maximum absolute atomic E-state index is 12.6. The van der Waals surface area contributed by atoms with E-state index in [1.54, 1.807) is 13.3 Å². The summed E-state index contributed by atoms with van der Waals surface area (Å²) in [5.74, 6) is 1.64. The molecule has 1 amide bonds. The molecule has 1 aromatic heterocycles. The van der Waals surface area contributed by atoms with Gasteiger partial charge in [0.2, 0.25) is 0 Å². The number of rotatable bonds is 5. The monoisotopic (exact) mass is 430 g/mol. The van der Waals surface area contributed by atoms with Crippen LogP contribution in [0.15, 0.2) is 54.7 Å². The molecule has 3 heterocycles. The van der Waals surface area contributed by atoms with Crippen LogP contribution in [0, 0.1) is 5.92 Å². The summed E-state index contributed by atoms with van der Waals surface area (Å²) in [5, 5.41) is 1.08. The van der Waals surface area contributed by atoms with E-state index in [1.165, 1.54) is 5.56 Å². The SMILES string of the molecule is COc1c(-c2ccc(CC3CCN(C(=O)C4CCCO4)CC3)cc2)ccc2cccnc12. The summed E-state index contributed by atoms with van der Waals surface area (Å²) in [4.78, 5) is 19.1. The number of ether oxygens (including phenoxy) is 2.